The normalized spacial score (nSPS) is 11.3. The molecule has 1 aromatic heterocycles. The molecule has 0 aliphatic carbocycles. The van der Waals surface area contributed by atoms with Crippen molar-refractivity contribution in [3.8, 4) is 0 Å². The molecule has 0 saturated carbocycles. The summed E-state index contributed by atoms with van der Waals surface area (Å²) >= 11 is 6.19. The van der Waals surface area contributed by atoms with E-state index >= 15 is 0 Å². The van der Waals surface area contributed by atoms with E-state index in [2.05, 4.69) is 22.1 Å². The van der Waals surface area contributed by atoms with E-state index in [-0.39, 0.29) is 6.61 Å². The number of nitrogens with one attached hydrogen (secondary N) is 1. The number of likely N-dealkylation sites (N-methyl/N-ethyl adjacent to an activating group) is 1. The highest BCUT2D eigenvalue weighted by Gasteiger charge is 2.05. The summed E-state index contributed by atoms with van der Waals surface area (Å²) < 4.78 is 0. The Morgan fingerprint density at radius 3 is 2.76 bits per heavy atom. The van der Waals surface area contributed by atoms with Crippen molar-refractivity contribution in [3.63, 3.8) is 0 Å². The van der Waals surface area contributed by atoms with E-state index in [1.54, 1.807) is 0 Å². The van der Waals surface area contributed by atoms with Gasteiger partial charge in [-0.2, -0.15) is 0 Å². The molecule has 0 aliphatic heterocycles. The maximum atomic E-state index is 8.97. The molecule has 0 radical (unpaired) electrons. The fourth-order valence-electron chi connectivity index (χ4n) is 2.33. The van der Waals surface area contributed by atoms with Crippen molar-refractivity contribution in [2.45, 2.75) is 13.8 Å². The molecular formula is C16H22ClN3O. The Morgan fingerprint density at radius 1 is 1.24 bits per heavy atom. The Labute approximate surface area is 130 Å². The van der Waals surface area contributed by atoms with Crippen LogP contribution in [0.1, 0.15) is 12.5 Å². The molecule has 4 nitrogen and oxygen atoms in total. The Bertz CT molecular complexity index is 603. The average molecular weight is 308 g/mol. The lowest BCUT2D eigenvalue weighted by molar-refractivity contribution is 0.206. The molecule has 0 spiro atoms. The third-order valence-corrected chi connectivity index (χ3v) is 3.93. The van der Waals surface area contributed by atoms with Crippen LogP contribution in [-0.4, -0.2) is 47.8 Å². The van der Waals surface area contributed by atoms with Crippen LogP contribution in [0.2, 0.25) is 5.02 Å². The molecule has 0 unspecified atom stereocenters. The van der Waals surface area contributed by atoms with Gasteiger partial charge in [0, 0.05) is 30.0 Å². The summed E-state index contributed by atoms with van der Waals surface area (Å²) in [6, 6.07) is 7.85. The molecule has 0 saturated heterocycles. The van der Waals surface area contributed by atoms with E-state index in [4.69, 9.17) is 16.7 Å². The van der Waals surface area contributed by atoms with Crippen molar-refractivity contribution in [3.05, 3.63) is 34.9 Å². The van der Waals surface area contributed by atoms with Crippen LogP contribution in [0.5, 0.6) is 0 Å². The van der Waals surface area contributed by atoms with Crippen molar-refractivity contribution < 1.29 is 5.11 Å². The van der Waals surface area contributed by atoms with Crippen LogP contribution in [0, 0.1) is 6.92 Å². The molecule has 0 amide bonds. The number of fused-ring (bicyclic) bond motifs is 1. The SMILES string of the molecule is CCN(CCO)CCNc1ccc2c(Cl)ccc(C)c2n1. The zero-order valence-electron chi connectivity index (χ0n) is 12.6. The van der Waals surface area contributed by atoms with Crippen molar-refractivity contribution in [2.75, 3.05) is 38.1 Å². The van der Waals surface area contributed by atoms with Crippen molar-refractivity contribution in [1.29, 1.82) is 0 Å². The van der Waals surface area contributed by atoms with Crippen LogP contribution in [0.3, 0.4) is 0 Å². The van der Waals surface area contributed by atoms with Gasteiger partial charge in [-0.15, -0.1) is 0 Å². The third-order valence-electron chi connectivity index (χ3n) is 3.60. The van der Waals surface area contributed by atoms with E-state index in [0.29, 0.717) is 6.54 Å². The number of hydrogen-bond donors (Lipinski definition) is 2. The molecule has 1 heterocycles. The van der Waals surface area contributed by atoms with Crippen molar-refractivity contribution in [2.24, 2.45) is 0 Å². The van der Waals surface area contributed by atoms with E-state index in [1.165, 1.54) is 0 Å². The maximum absolute atomic E-state index is 8.97. The fraction of sp³-hybridized carbons (Fsp3) is 0.438. The van der Waals surface area contributed by atoms with Crippen LogP contribution in [0.25, 0.3) is 10.9 Å². The predicted octanol–water partition coefficient (Wildman–Crippen LogP) is 2.92. The third kappa shape index (κ3) is 4.06. The van der Waals surface area contributed by atoms with Crippen LogP contribution in [0.15, 0.2) is 24.3 Å². The van der Waals surface area contributed by atoms with Gasteiger partial charge in [0.1, 0.15) is 5.82 Å². The Morgan fingerprint density at radius 2 is 2.05 bits per heavy atom. The highest BCUT2D eigenvalue weighted by Crippen LogP contribution is 2.26. The number of hydrogen-bond acceptors (Lipinski definition) is 4. The topological polar surface area (TPSA) is 48.4 Å². The largest absolute Gasteiger partial charge is 0.395 e. The summed E-state index contributed by atoms with van der Waals surface area (Å²) in [6.07, 6.45) is 0. The summed E-state index contributed by atoms with van der Waals surface area (Å²) in [6.45, 7) is 7.64. The first-order valence-electron chi connectivity index (χ1n) is 7.28. The van der Waals surface area contributed by atoms with Gasteiger partial charge >= 0.3 is 0 Å². The molecule has 2 aromatic rings. The molecule has 0 bridgehead atoms. The molecule has 0 aliphatic rings. The van der Waals surface area contributed by atoms with Crippen molar-refractivity contribution in [1.82, 2.24) is 9.88 Å². The molecular weight excluding hydrogens is 286 g/mol. The van der Waals surface area contributed by atoms with Gasteiger partial charge in [0.2, 0.25) is 0 Å². The first-order chi connectivity index (χ1) is 10.2. The van der Waals surface area contributed by atoms with E-state index < -0.39 is 0 Å². The van der Waals surface area contributed by atoms with Gasteiger partial charge in [0.15, 0.2) is 0 Å². The monoisotopic (exact) mass is 307 g/mol. The Kier molecular flexibility index (Phi) is 5.79. The molecule has 2 rings (SSSR count). The first-order valence-corrected chi connectivity index (χ1v) is 7.66. The van der Waals surface area contributed by atoms with Gasteiger partial charge in [0.05, 0.1) is 12.1 Å². The number of nitrogens with zero attached hydrogens (tertiary/aromatic N) is 2. The first kappa shape index (κ1) is 16.0. The van der Waals surface area contributed by atoms with Crippen LogP contribution in [0.4, 0.5) is 5.82 Å². The number of benzene rings is 1. The molecule has 0 fully saturated rings. The second-order valence-electron chi connectivity index (χ2n) is 5.04. The summed E-state index contributed by atoms with van der Waals surface area (Å²) in [5.74, 6) is 0.855. The molecule has 1 aromatic carbocycles. The van der Waals surface area contributed by atoms with Gasteiger partial charge < -0.3 is 10.4 Å². The second-order valence-corrected chi connectivity index (χ2v) is 5.45. The highest BCUT2D eigenvalue weighted by atomic mass is 35.5. The number of aromatic nitrogens is 1. The summed E-state index contributed by atoms with van der Waals surface area (Å²) in [5.41, 5.74) is 2.06. The summed E-state index contributed by atoms with van der Waals surface area (Å²) in [5, 5.41) is 14.0. The standard InChI is InChI=1S/C16H22ClN3O/c1-3-20(10-11-21)9-8-18-15-7-5-13-14(17)6-4-12(2)16(13)19-15/h4-7,21H,3,8-11H2,1-2H3,(H,18,19). The predicted molar refractivity (Wildman–Crippen MR) is 89.2 cm³/mol. The molecule has 5 heteroatoms. The van der Waals surface area contributed by atoms with Crippen LogP contribution >= 0.6 is 11.6 Å². The number of rotatable bonds is 7. The second kappa shape index (κ2) is 7.59. The lowest BCUT2D eigenvalue weighted by atomic mass is 10.1. The number of aliphatic hydroxyl groups excluding tert-OH is 1. The Hall–Kier alpha value is -1.36. The summed E-state index contributed by atoms with van der Waals surface area (Å²) in [7, 11) is 0. The van der Waals surface area contributed by atoms with Gasteiger partial charge in [-0.25, -0.2) is 4.98 Å². The van der Waals surface area contributed by atoms with E-state index in [0.717, 1.165) is 46.9 Å². The van der Waals surface area contributed by atoms with Crippen LogP contribution < -0.4 is 5.32 Å². The zero-order chi connectivity index (χ0) is 15.2. The fourth-order valence-corrected chi connectivity index (χ4v) is 2.54. The van der Waals surface area contributed by atoms with E-state index in [1.807, 2.05) is 31.2 Å². The number of anilines is 1. The number of halogens is 1. The number of aryl methyl sites for hydroxylation is 1. The van der Waals surface area contributed by atoms with Gasteiger partial charge in [0.25, 0.3) is 0 Å². The Balaban J connectivity index is 2.04. The minimum absolute atomic E-state index is 0.194. The smallest absolute Gasteiger partial charge is 0.126 e. The lowest BCUT2D eigenvalue weighted by Crippen LogP contribution is -2.31. The highest BCUT2D eigenvalue weighted by molar-refractivity contribution is 6.35. The number of pyridine rings is 1. The van der Waals surface area contributed by atoms with Crippen molar-refractivity contribution >= 4 is 28.3 Å². The average Bonchev–Trinajstić information content (AvgIpc) is 2.50. The molecule has 114 valence electrons. The van der Waals surface area contributed by atoms with Gasteiger partial charge in [-0.3, -0.25) is 4.90 Å². The molecule has 2 N–H and O–H groups in total. The minimum Gasteiger partial charge on any atom is -0.395 e. The molecule has 0 atom stereocenters. The minimum atomic E-state index is 0.194. The molecule has 21 heavy (non-hydrogen) atoms. The van der Waals surface area contributed by atoms with E-state index in [9.17, 15) is 0 Å². The van der Waals surface area contributed by atoms with Gasteiger partial charge in [-0.05, 0) is 37.2 Å². The lowest BCUT2D eigenvalue weighted by Gasteiger charge is -2.19. The van der Waals surface area contributed by atoms with Gasteiger partial charge in [-0.1, -0.05) is 24.6 Å². The summed E-state index contributed by atoms with van der Waals surface area (Å²) in [4.78, 5) is 6.83. The van der Waals surface area contributed by atoms with Crippen LogP contribution in [-0.2, 0) is 0 Å². The zero-order valence-corrected chi connectivity index (χ0v) is 13.3. The quantitative estimate of drug-likeness (QED) is 0.826. The maximum Gasteiger partial charge on any atom is 0.126 e. The number of aliphatic hydroxyl groups is 1.